The monoisotopic (exact) mass is 392 g/mol. The highest BCUT2D eigenvalue weighted by Gasteiger charge is 2.30. The van der Waals surface area contributed by atoms with Crippen molar-refractivity contribution in [2.45, 2.75) is 18.9 Å². The number of halogens is 1. The van der Waals surface area contributed by atoms with Gasteiger partial charge in [-0.25, -0.2) is 8.42 Å². The number of anilines is 2. The summed E-state index contributed by atoms with van der Waals surface area (Å²) in [5.74, 6) is 0.595. The summed E-state index contributed by atoms with van der Waals surface area (Å²) in [5, 5.41) is 3.42. The van der Waals surface area contributed by atoms with E-state index in [1.807, 2.05) is 0 Å². The highest BCUT2D eigenvalue weighted by molar-refractivity contribution is 7.93. The summed E-state index contributed by atoms with van der Waals surface area (Å²) in [6.07, 6.45) is 0.484. The molecule has 136 valence electrons. The summed E-state index contributed by atoms with van der Waals surface area (Å²) >= 11 is 5.97. The Balaban J connectivity index is 1.43. The maximum absolute atomic E-state index is 12.4. The minimum absolute atomic E-state index is 0.176. The highest BCUT2D eigenvalue weighted by atomic mass is 35.5. The van der Waals surface area contributed by atoms with Gasteiger partial charge in [0.25, 0.3) is 5.91 Å². The highest BCUT2D eigenvalue weighted by Crippen LogP contribution is 2.32. The van der Waals surface area contributed by atoms with Gasteiger partial charge in [-0.05, 0) is 54.4 Å². The number of sulfonamides is 1. The lowest BCUT2D eigenvalue weighted by Crippen LogP contribution is -2.31. The van der Waals surface area contributed by atoms with E-state index in [1.54, 1.807) is 42.5 Å². The second kappa shape index (κ2) is 6.48. The van der Waals surface area contributed by atoms with Crippen LogP contribution in [0, 0.1) is 0 Å². The second-order valence-corrected chi connectivity index (χ2v) is 8.79. The number of amides is 1. The molecule has 6 nitrogen and oxygen atoms in total. The maximum atomic E-state index is 12.4. The molecule has 2 aliphatic heterocycles. The van der Waals surface area contributed by atoms with Gasteiger partial charge in [0.2, 0.25) is 10.0 Å². The predicted octanol–water partition coefficient (Wildman–Crippen LogP) is 2.82. The molecule has 2 aromatic carbocycles. The summed E-state index contributed by atoms with van der Waals surface area (Å²) in [5.41, 5.74) is 2.11. The Hall–Kier alpha value is -2.25. The standard InChI is InChI=1S/C18H17ClN2O4S/c19-13-2-7-16-12(10-13)11-17(25-16)18(22)20-14-3-5-15(6-4-14)21-8-1-9-26(21,23)24/h2-7,10,17H,1,8-9,11H2,(H,20,22). The van der Waals surface area contributed by atoms with Crippen molar-refractivity contribution in [1.82, 2.24) is 0 Å². The van der Waals surface area contributed by atoms with Crippen molar-refractivity contribution in [3.05, 3.63) is 53.1 Å². The van der Waals surface area contributed by atoms with Crippen LogP contribution in [0.15, 0.2) is 42.5 Å². The lowest BCUT2D eigenvalue weighted by atomic mass is 10.1. The average Bonchev–Trinajstić information content (AvgIpc) is 3.18. The van der Waals surface area contributed by atoms with Crippen LogP contribution in [0.25, 0.3) is 0 Å². The Kier molecular flexibility index (Phi) is 4.28. The molecule has 1 unspecified atom stereocenters. The zero-order chi connectivity index (χ0) is 18.3. The van der Waals surface area contributed by atoms with E-state index in [0.717, 1.165) is 5.56 Å². The van der Waals surface area contributed by atoms with Crippen LogP contribution < -0.4 is 14.4 Å². The second-order valence-electron chi connectivity index (χ2n) is 6.34. The van der Waals surface area contributed by atoms with Gasteiger partial charge in [0.1, 0.15) is 5.75 Å². The third-order valence-corrected chi connectivity index (χ3v) is 6.62. The molecule has 0 bridgehead atoms. The molecule has 2 aromatic rings. The van der Waals surface area contributed by atoms with Gasteiger partial charge in [-0.2, -0.15) is 0 Å². The molecule has 2 aliphatic rings. The van der Waals surface area contributed by atoms with Crippen molar-refractivity contribution >= 4 is 38.9 Å². The minimum Gasteiger partial charge on any atom is -0.480 e. The molecule has 0 aromatic heterocycles. The summed E-state index contributed by atoms with van der Waals surface area (Å²) in [6.45, 7) is 0.491. The summed E-state index contributed by atoms with van der Waals surface area (Å²) in [6, 6.07) is 12.1. The van der Waals surface area contributed by atoms with Crippen molar-refractivity contribution in [3.63, 3.8) is 0 Å². The van der Waals surface area contributed by atoms with E-state index in [-0.39, 0.29) is 11.7 Å². The summed E-state index contributed by atoms with van der Waals surface area (Å²) in [4.78, 5) is 12.4. The Bertz CT molecular complexity index is 960. The molecule has 8 heteroatoms. The molecule has 0 radical (unpaired) electrons. The van der Waals surface area contributed by atoms with E-state index in [1.165, 1.54) is 4.31 Å². The number of ether oxygens (including phenoxy) is 1. The van der Waals surface area contributed by atoms with Gasteiger partial charge < -0.3 is 10.1 Å². The van der Waals surface area contributed by atoms with Crippen LogP contribution in [0.5, 0.6) is 5.75 Å². The normalized spacial score (nSPS) is 20.5. The van der Waals surface area contributed by atoms with Gasteiger partial charge >= 0.3 is 0 Å². The first-order valence-electron chi connectivity index (χ1n) is 8.29. The van der Waals surface area contributed by atoms with E-state index in [2.05, 4.69) is 5.32 Å². The summed E-state index contributed by atoms with van der Waals surface area (Å²) < 4.78 is 31.0. The molecule has 26 heavy (non-hydrogen) atoms. The first-order valence-corrected chi connectivity index (χ1v) is 10.3. The minimum atomic E-state index is -3.21. The number of benzene rings is 2. The van der Waals surface area contributed by atoms with Crippen LogP contribution in [0.2, 0.25) is 5.02 Å². The van der Waals surface area contributed by atoms with E-state index in [0.29, 0.717) is 41.5 Å². The number of nitrogens with zero attached hydrogens (tertiary/aromatic N) is 1. The molecule has 4 rings (SSSR count). The molecule has 1 saturated heterocycles. The molecule has 0 aliphatic carbocycles. The molecule has 0 saturated carbocycles. The fraction of sp³-hybridized carbons (Fsp3) is 0.278. The Labute approximate surface area is 156 Å². The lowest BCUT2D eigenvalue weighted by molar-refractivity contribution is -0.122. The molecular weight excluding hydrogens is 376 g/mol. The zero-order valence-corrected chi connectivity index (χ0v) is 15.4. The van der Waals surface area contributed by atoms with Crippen LogP contribution in [0.3, 0.4) is 0 Å². The number of hydrogen-bond donors (Lipinski definition) is 1. The van der Waals surface area contributed by atoms with Gasteiger partial charge in [0.15, 0.2) is 6.10 Å². The van der Waals surface area contributed by atoms with Gasteiger partial charge in [0.05, 0.1) is 11.4 Å². The van der Waals surface area contributed by atoms with E-state index >= 15 is 0 Å². The Morgan fingerprint density at radius 3 is 2.65 bits per heavy atom. The van der Waals surface area contributed by atoms with Crippen LogP contribution in [-0.4, -0.2) is 32.7 Å². The fourth-order valence-electron chi connectivity index (χ4n) is 3.23. The number of carbonyl (C=O) groups excluding carboxylic acids is 1. The van der Waals surface area contributed by atoms with Crippen LogP contribution in [-0.2, 0) is 21.2 Å². The molecule has 2 heterocycles. The van der Waals surface area contributed by atoms with Gasteiger partial charge in [0, 0.05) is 23.7 Å². The quantitative estimate of drug-likeness (QED) is 0.871. The number of carbonyl (C=O) groups is 1. The van der Waals surface area contributed by atoms with Crippen LogP contribution in [0.1, 0.15) is 12.0 Å². The summed E-state index contributed by atoms with van der Waals surface area (Å²) in [7, 11) is -3.21. The number of fused-ring (bicyclic) bond motifs is 1. The predicted molar refractivity (Wildman–Crippen MR) is 100 cm³/mol. The first-order chi connectivity index (χ1) is 12.4. The lowest BCUT2D eigenvalue weighted by Gasteiger charge is -2.17. The number of hydrogen-bond acceptors (Lipinski definition) is 4. The third-order valence-electron chi connectivity index (χ3n) is 4.51. The third kappa shape index (κ3) is 3.24. The van der Waals surface area contributed by atoms with Crippen LogP contribution in [0.4, 0.5) is 11.4 Å². The van der Waals surface area contributed by atoms with Crippen LogP contribution >= 0.6 is 11.6 Å². The smallest absolute Gasteiger partial charge is 0.265 e. The maximum Gasteiger partial charge on any atom is 0.265 e. The van der Waals surface area contributed by atoms with E-state index in [9.17, 15) is 13.2 Å². The molecule has 1 atom stereocenters. The number of nitrogens with one attached hydrogen (secondary N) is 1. The SMILES string of the molecule is O=C(Nc1ccc(N2CCCS2(=O)=O)cc1)C1Cc2cc(Cl)ccc2O1. The topological polar surface area (TPSA) is 75.7 Å². The van der Waals surface area contributed by atoms with Gasteiger partial charge in [-0.1, -0.05) is 11.6 Å². The molecule has 1 N–H and O–H groups in total. The molecule has 1 fully saturated rings. The number of rotatable bonds is 3. The molecular formula is C18H17ClN2O4S. The Morgan fingerprint density at radius 2 is 1.96 bits per heavy atom. The fourth-order valence-corrected chi connectivity index (χ4v) is 4.99. The first kappa shape index (κ1) is 17.2. The largest absolute Gasteiger partial charge is 0.480 e. The van der Waals surface area contributed by atoms with Crippen molar-refractivity contribution < 1.29 is 17.9 Å². The van der Waals surface area contributed by atoms with Crippen molar-refractivity contribution in [1.29, 1.82) is 0 Å². The van der Waals surface area contributed by atoms with Crippen molar-refractivity contribution in [2.24, 2.45) is 0 Å². The van der Waals surface area contributed by atoms with Gasteiger partial charge in [-0.3, -0.25) is 9.10 Å². The molecule has 0 spiro atoms. The molecule has 1 amide bonds. The Morgan fingerprint density at radius 1 is 1.19 bits per heavy atom. The van der Waals surface area contributed by atoms with Gasteiger partial charge in [-0.15, -0.1) is 0 Å². The van der Waals surface area contributed by atoms with E-state index in [4.69, 9.17) is 16.3 Å². The zero-order valence-electron chi connectivity index (χ0n) is 13.8. The van der Waals surface area contributed by atoms with E-state index < -0.39 is 16.1 Å². The van der Waals surface area contributed by atoms with Crippen molar-refractivity contribution in [3.8, 4) is 5.75 Å². The average molecular weight is 393 g/mol. The van der Waals surface area contributed by atoms with Crippen molar-refractivity contribution in [2.75, 3.05) is 21.9 Å².